The molecule has 0 saturated carbocycles. The van der Waals surface area contributed by atoms with Gasteiger partial charge in [0.25, 0.3) is 11.7 Å². The second-order valence-corrected chi connectivity index (χ2v) is 7.91. The van der Waals surface area contributed by atoms with Gasteiger partial charge in [-0.25, -0.2) is 0 Å². The van der Waals surface area contributed by atoms with Gasteiger partial charge in [-0.3, -0.25) is 9.59 Å². The Kier molecular flexibility index (Phi) is 6.75. The highest BCUT2D eigenvalue weighted by Crippen LogP contribution is 2.39. The molecule has 4 nitrogen and oxygen atoms in total. The number of hydrogen-bond donors (Lipinski definition) is 1. The van der Waals surface area contributed by atoms with E-state index in [0.717, 1.165) is 36.8 Å². The van der Waals surface area contributed by atoms with Gasteiger partial charge in [-0.2, -0.15) is 0 Å². The number of aryl methyl sites for hydroxylation is 1. The molecule has 0 unspecified atom stereocenters. The van der Waals surface area contributed by atoms with Gasteiger partial charge < -0.3 is 10.0 Å². The minimum atomic E-state index is -0.640. The Balaban J connectivity index is 2.05. The summed E-state index contributed by atoms with van der Waals surface area (Å²) in [4.78, 5) is 27.3. The third-order valence-electron chi connectivity index (χ3n) is 5.30. The van der Waals surface area contributed by atoms with E-state index < -0.39 is 17.7 Å². The van der Waals surface area contributed by atoms with Crippen molar-refractivity contribution in [1.82, 2.24) is 4.90 Å². The number of nitrogens with zero attached hydrogens (tertiary/aromatic N) is 1. The summed E-state index contributed by atoms with van der Waals surface area (Å²) < 4.78 is 0. The van der Waals surface area contributed by atoms with Crippen molar-refractivity contribution in [2.45, 2.75) is 45.6 Å². The van der Waals surface area contributed by atoms with Gasteiger partial charge in [0.1, 0.15) is 5.76 Å². The standard InChI is InChI=1S/C24H26ClNO3/c1-3-4-5-6-15-26-21(17-11-13-19(25)14-12-17)20(23(28)24(26)29)22(27)18-9-7-16(2)8-10-18/h7-14,21,27H,3-6,15H2,1-2H3/t21-/m0/s1. The van der Waals surface area contributed by atoms with Crippen LogP contribution < -0.4 is 0 Å². The summed E-state index contributed by atoms with van der Waals surface area (Å²) in [6.45, 7) is 4.55. The van der Waals surface area contributed by atoms with Gasteiger partial charge in [0.15, 0.2) is 0 Å². The molecule has 29 heavy (non-hydrogen) atoms. The smallest absolute Gasteiger partial charge is 0.295 e. The van der Waals surface area contributed by atoms with Crippen molar-refractivity contribution in [1.29, 1.82) is 0 Å². The lowest BCUT2D eigenvalue weighted by molar-refractivity contribution is -0.139. The quantitative estimate of drug-likeness (QED) is 0.277. The topological polar surface area (TPSA) is 57.6 Å². The highest BCUT2D eigenvalue weighted by atomic mass is 35.5. The normalized spacial score (nSPS) is 18.4. The number of unbranched alkanes of at least 4 members (excludes halogenated alkanes) is 3. The predicted octanol–water partition coefficient (Wildman–Crippen LogP) is 5.65. The van der Waals surface area contributed by atoms with Gasteiger partial charge in [0, 0.05) is 17.1 Å². The number of rotatable bonds is 7. The summed E-state index contributed by atoms with van der Waals surface area (Å²) in [6, 6.07) is 13.7. The number of Topliss-reactive ketones (excluding diaryl/α,β-unsaturated/α-hetero) is 1. The van der Waals surface area contributed by atoms with Crippen LogP contribution in [0.5, 0.6) is 0 Å². The Morgan fingerprint density at radius 1 is 1.00 bits per heavy atom. The summed E-state index contributed by atoms with van der Waals surface area (Å²) in [6.07, 6.45) is 3.98. The van der Waals surface area contributed by atoms with Crippen LogP contribution in [0, 0.1) is 6.92 Å². The first kappa shape index (κ1) is 21.1. The SMILES string of the molecule is CCCCCCN1C(=O)C(=O)C(=C(O)c2ccc(C)cc2)[C@@H]1c1ccc(Cl)cc1. The molecule has 0 aromatic heterocycles. The van der Waals surface area contributed by atoms with E-state index >= 15 is 0 Å². The molecule has 2 aromatic rings. The van der Waals surface area contributed by atoms with Gasteiger partial charge in [0.2, 0.25) is 0 Å². The lowest BCUT2D eigenvalue weighted by Gasteiger charge is -2.25. The maximum absolute atomic E-state index is 12.9. The Hall–Kier alpha value is -2.59. The number of hydrogen-bond acceptors (Lipinski definition) is 3. The number of carbonyl (C=O) groups excluding carboxylic acids is 2. The van der Waals surface area contributed by atoms with Crippen LogP contribution in [0.15, 0.2) is 54.1 Å². The van der Waals surface area contributed by atoms with E-state index in [1.54, 1.807) is 41.3 Å². The van der Waals surface area contributed by atoms with Gasteiger partial charge in [-0.05, 0) is 31.0 Å². The molecular weight excluding hydrogens is 386 g/mol. The Morgan fingerprint density at radius 3 is 2.28 bits per heavy atom. The fraction of sp³-hybridized carbons (Fsp3) is 0.333. The van der Waals surface area contributed by atoms with Gasteiger partial charge in [0.05, 0.1) is 11.6 Å². The van der Waals surface area contributed by atoms with Gasteiger partial charge >= 0.3 is 0 Å². The van der Waals surface area contributed by atoms with Crippen molar-refractivity contribution in [3.8, 4) is 0 Å². The molecule has 1 atom stereocenters. The van der Waals surface area contributed by atoms with E-state index in [-0.39, 0.29) is 11.3 Å². The molecule has 1 saturated heterocycles. The molecule has 2 aromatic carbocycles. The average Bonchev–Trinajstić information content (AvgIpc) is 2.96. The zero-order valence-corrected chi connectivity index (χ0v) is 17.6. The average molecular weight is 412 g/mol. The van der Waals surface area contributed by atoms with Crippen molar-refractivity contribution < 1.29 is 14.7 Å². The van der Waals surface area contributed by atoms with Crippen LogP contribution in [-0.4, -0.2) is 28.2 Å². The van der Waals surface area contributed by atoms with Crippen LogP contribution in [0.4, 0.5) is 0 Å². The fourth-order valence-corrected chi connectivity index (χ4v) is 3.80. The molecule has 1 aliphatic heterocycles. The predicted molar refractivity (Wildman–Crippen MR) is 116 cm³/mol. The summed E-state index contributed by atoms with van der Waals surface area (Å²) in [5.41, 5.74) is 2.47. The van der Waals surface area contributed by atoms with E-state index in [9.17, 15) is 14.7 Å². The second-order valence-electron chi connectivity index (χ2n) is 7.47. The van der Waals surface area contributed by atoms with Gasteiger partial charge in [-0.1, -0.05) is 79.7 Å². The molecular formula is C24H26ClNO3. The number of ketones is 1. The molecule has 0 radical (unpaired) electrons. The maximum Gasteiger partial charge on any atom is 0.295 e. The molecule has 1 heterocycles. The second kappa shape index (κ2) is 9.27. The number of benzene rings is 2. The third kappa shape index (κ3) is 4.54. The van der Waals surface area contributed by atoms with Crippen molar-refractivity contribution in [2.75, 3.05) is 6.54 Å². The van der Waals surface area contributed by atoms with Gasteiger partial charge in [-0.15, -0.1) is 0 Å². The maximum atomic E-state index is 12.9. The number of amides is 1. The van der Waals surface area contributed by atoms with E-state index in [1.165, 1.54) is 0 Å². The molecule has 3 rings (SSSR count). The lowest BCUT2D eigenvalue weighted by Crippen LogP contribution is -2.30. The summed E-state index contributed by atoms with van der Waals surface area (Å²) in [5, 5.41) is 11.5. The zero-order chi connectivity index (χ0) is 21.0. The molecule has 152 valence electrons. The van der Waals surface area contributed by atoms with Crippen molar-refractivity contribution in [2.24, 2.45) is 0 Å². The fourth-order valence-electron chi connectivity index (χ4n) is 3.68. The number of halogens is 1. The summed E-state index contributed by atoms with van der Waals surface area (Å²) in [7, 11) is 0. The molecule has 0 spiro atoms. The van der Waals surface area contributed by atoms with Crippen molar-refractivity contribution in [3.05, 3.63) is 75.8 Å². The first-order valence-corrected chi connectivity index (χ1v) is 10.4. The van der Waals surface area contributed by atoms with E-state index in [0.29, 0.717) is 17.1 Å². The van der Waals surface area contributed by atoms with Crippen molar-refractivity contribution in [3.63, 3.8) is 0 Å². The Morgan fingerprint density at radius 2 is 1.66 bits per heavy atom. The van der Waals surface area contributed by atoms with Crippen molar-refractivity contribution >= 4 is 29.1 Å². The molecule has 5 heteroatoms. The molecule has 0 bridgehead atoms. The van der Waals surface area contributed by atoms with Crippen LogP contribution in [0.2, 0.25) is 5.02 Å². The summed E-state index contributed by atoms with van der Waals surface area (Å²) >= 11 is 6.03. The zero-order valence-electron chi connectivity index (χ0n) is 16.8. The molecule has 1 aliphatic rings. The molecule has 0 aliphatic carbocycles. The number of aliphatic hydroxyl groups is 1. The third-order valence-corrected chi connectivity index (χ3v) is 5.56. The van der Waals surface area contributed by atoms with Crippen LogP contribution in [-0.2, 0) is 9.59 Å². The Labute approximate surface area is 176 Å². The van der Waals surface area contributed by atoms with Crippen LogP contribution >= 0.6 is 11.6 Å². The van der Waals surface area contributed by atoms with Crippen LogP contribution in [0.3, 0.4) is 0 Å². The first-order valence-electron chi connectivity index (χ1n) is 10.0. The molecule has 1 amide bonds. The molecule has 1 N–H and O–H groups in total. The number of aliphatic hydroxyl groups excluding tert-OH is 1. The van der Waals surface area contributed by atoms with E-state index in [1.807, 2.05) is 19.1 Å². The number of carbonyl (C=O) groups is 2. The molecule has 1 fully saturated rings. The Bertz CT molecular complexity index is 916. The monoisotopic (exact) mass is 411 g/mol. The van der Waals surface area contributed by atoms with Crippen LogP contribution in [0.1, 0.15) is 55.3 Å². The van der Waals surface area contributed by atoms with E-state index in [2.05, 4.69) is 6.92 Å². The minimum Gasteiger partial charge on any atom is -0.507 e. The largest absolute Gasteiger partial charge is 0.507 e. The minimum absolute atomic E-state index is 0.136. The first-order chi connectivity index (χ1) is 13.9. The van der Waals surface area contributed by atoms with E-state index in [4.69, 9.17) is 11.6 Å². The highest BCUT2D eigenvalue weighted by molar-refractivity contribution is 6.46. The summed E-state index contributed by atoms with van der Waals surface area (Å²) in [5.74, 6) is -1.34. The highest BCUT2D eigenvalue weighted by Gasteiger charge is 2.45. The van der Waals surface area contributed by atoms with Crippen LogP contribution in [0.25, 0.3) is 5.76 Å². The lowest BCUT2D eigenvalue weighted by atomic mass is 9.95. The number of likely N-dealkylation sites (tertiary alicyclic amines) is 1.